The first-order valence-electron chi connectivity index (χ1n) is 5.57. The van der Waals surface area contributed by atoms with E-state index in [1.54, 1.807) is 0 Å². The highest BCUT2D eigenvalue weighted by molar-refractivity contribution is 4.92. The fourth-order valence-corrected chi connectivity index (χ4v) is 1.22. The molecule has 0 aliphatic carbocycles. The standard InChI is InChI=1S/C12H24N2/c1-6-10(2)11(3)14-8-7-12(4,5)9-13/h10-11,14H,6-8H2,1-5H3. The van der Waals surface area contributed by atoms with E-state index in [0.717, 1.165) is 13.0 Å². The molecule has 2 atom stereocenters. The number of hydrogen-bond donors (Lipinski definition) is 1. The van der Waals surface area contributed by atoms with Crippen molar-refractivity contribution in [3.05, 3.63) is 0 Å². The second kappa shape index (κ2) is 6.03. The van der Waals surface area contributed by atoms with Crippen molar-refractivity contribution in [2.75, 3.05) is 6.54 Å². The Morgan fingerprint density at radius 3 is 2.36 bits per heavy atom. The van der Waals surface area contributed by atoms with E-state index in [-0.39, 0.29) is 5.41 Å². The van der Waals surface area contributed by atoms with Gasteiger partial charge < -0.3 is 5.32 Å². The van der Waals surface area contributed by atoms with Crippen LogP contribution in [0.5, 0.6) is 0 Å². The van der Waals surface area contributed by atoms with Gasteiger partial charge in [-0.2, -0.15) is 5.26 Å². The molecule has 2 nitrogen and oxygen atoms in total. The van der Waals surface area contributed by atoms with Gasteiger partial charge in [-0.1, -0.05) is 20.3 Å². The molecule has 0 aromatic rings. The van der Waals surface area contributed by atoms with E-state index < -0.39 is 0 Å². The summed E-state index contributed by atoms with van der Waals surface area (Å²) < 4.78 is 0. The summed E-state index contributed by atoms with van der Waals surface area (Å²) in [6.45, 7) is 11.6. The van der Waals surface area contributed by atoms with E-state index >= 15 is 0 Å². The number of nitrogens with zero attached hydrogens (tertiary/aromatic N) is 1. The summed E-state index contributed by atoms with van der Waals surface area (Å²) in [7, 11) is 0. The van der Waals surface area contributed by atoms with Gasteiger partial charge >= 0.3 is 0 Å². The molecule has 0 aliphatic heterocycles. The Hall–Kier alpha value is -0.550. The molecule has 0 aliphatic rings. The zero-order valence-electron chi connectivity index (χ0n) is 10.2. The molecule has 14 heavy (non-hydrogen) atoms. The SMILES string of the molecule is CCC(C)C(C)NCCC(C)(C)C#N. The second-order valence-corrected chi connectivity index (χ2v) is 4.87. The predicted molar refractivity (Wildman–Crippen MR) is 60.9 cm³/mol. The Labute approximate surface area is 88.7 Å². The monoisotopic (exact) mass is 196 g/mol. The highest BCUT2D eigenvalue weighted by atomic mass is 14.9. The van der Waals surface area contributed by atoms with Crippen LogP contribution in [-0.4, -0.2) is 12.6 Å². The molecule has 2 heteroatoms. The predicted octanol–water partition coefficient (Wildman–Crippen LogP) is 2.95. The van der Waals surface area contributed by atoms with Crippen LogP contribution in [0.2, 0.25) is 0 Å². The summed E-state index contributed by atoms with van der Waals surface area (Å²) >= 11 is 0. The molecular weight excluding hydrogens is 172 g/mol. The maximum atomic E-state index is 8.84. The molecule has 0 amide bonds. The molecule has 0 rings (SSSR count). The molecule has 1 N–H and O–H groups in total. The molecule has 0 spiro atoms. The zero-order valence-corrected chi connectivity index (χ0v) is 10.2. The molecular formula is C12H24N2. The largest absolute Gasteiger partial charge is 0.314 e. The molecule has 0 aromatic heterocycles. The lowest BCUT2D eigenvalue weighted by molar-refractivity contribution is 0.357. The van der Waals surface area contributed by atoms with Gasteiger partial charge in [-0.3, -0.25) is 0 Å². The molecule has 0 saturated carbocycles. The highest BCUT2D eigenvalue weighted by Gasteiger charge is 2.17. The zero-order chi connectivity index (χ0) is 11.2. The van der Waals surface area contributed by atoms with Crippen molar-refractivity contribution >= 4 is 0 Å². The summed E-state index contributed by atoms with van der Waals surface area (Å²) in [5, 5.41) is 12.3. The maximum absolute atomic E-state index is 8.84. The lowest BCUT2D eigenvalue weighted by Gasteiger charge is -2.22. The Kier molecular flexibility index (Phi) is 5.79. The van der Waals surface area contributed by atoms with Crippen molar-refractivity contribution in [1.29, 1.82) is 5.26 Å². The molecule has 0 fully saturated rings. The van der Waals surface area contributed by atoms with Crippen molar-refractivity contribution in [2.24, 2.45) is 11.3 Å². The van der Waals surface area contributed by atoms with Gasteiger partial charge in [0.05, 0.1) is 11.5 Å². The van der Waals surface area contributed by atoms with Gasteiger partial charge in [0.1, 0.15) is 0 Å². The first-order valence-corrected chi connectivity index (χ1v) is 5.57. The molecule has 0 radical (unpaired) electrons. The van der Waals surface area contributed by atoms with E-state index in [4.69, 9.17) is 5.26 Å². The highest BCUT2D eigenvalue weighted by Crippen LogP contribution is 2.17. The van der Waals surface area contributed by atoms with Gasteiger partial charge in [-0.15, -0.1) is 0 Å². The van der Waals surface area contributed by atoms with Crippen LogP contribution in [0, 0.1) is 22.7 Å². The van der Waals surface area contributed by atoms with E-state index in [2.05, 4.69) is 32.2 Å². The Balaban J connectivity index is 3.70. The summed E-state index contributed by atoms with van der Waals surface area (Å²) in [5.74, 6) is 0.709. The Bertz CT molecular complexity index is 191. The van der Waals surface area contributed by atoms with E-state index in [1.807, 2.05) is 13.8 Å². The maximum Gasteiger partial charge on any atom is 0.0684 e. The van der Waals surface area contributed by atoms with E-state index in [0.29, 0.717) is 12.0 Å². The van der Waals surface area contributed by atoms with Crippen LogP contribution in [0.25, 0.3) is 0 Å². The van der Waals surface area contributed by atoms with Crippen molar-refractivity contribution < 1.29 is 0 Å². The van der Waals surface area contributed by atoms with Gasteiger partial charge in [-0.25, -0.2) is 0 Å². The first kappa shape index (κ1) is 13.4. The van der Waals surface area contributed by atoms with Gasteiger partial charge in [0.15, 0.2) is 0 Å². The van der Waals surface area contributed by atoms with Gasteiger partial charge in [-0.05, 0) is 39.7 Å². The van der Waals surface area contributed by atoms with Gasteiger partial charge in [0.2, 0.25) is 0 Å². The average Bonchev–Trinajstić information content (AvgIpc) is 2.16. The van der Waals surface area contributed by atoms with Crippen LogP contribution in [0.3, 0.4) is 0 Å². The molecule has 0 bridgehead atoms. The molecule has 0 heterocycles. The smallest absolute Gasteiger partial charge is 0.0684 e. The van der Waals surface area contributed by atoms with Gasteiger partial charge in [0.25, 0.3) is 0 Å². The van der Waals surface area contributed by atoms with Crippen molar-refractivity contribution in [1.82, 2.24) is 5.32 Å². The fraction of sp³-hybridized carbons (Fsp3) is 0.917. The van der Waals surface area contributed by atoms with Crippen LogP contribution in [0.15, 0.2) is 0 Å². The number of nitrogens with one attached hydrogen (secondary N) is 1. The minimum Gasteiger partial charge on any atom is -0.314 e. The van der Waals surface area contributed by atoms with E-state index in [1.165, 1.54) is 6.42 Å². The Morgan fingerprint density at radius 1 is 1.36 bits per heavy atom. The third kappa shape index (κ3) is 5.24. The van der Waals surface area contributed by atoms with Crippen LogP contribution in [0.1, 0.15) is 47.5 Å². The molecule has 2 unspecified atom stereocenters. The van der Waals surface area contributed by atoms with Gasteiger partial charge in [0, 0.05) is 6.04 Å². The fourth-order valence-electron chi connectivity index (χ4n) is 1.22. The summed E-state index contributed by atoms with van der Waals surface area (Å²) in [6, 6.07) is 2.87. The number of hydrogen-bond acceptors (Lipinski definition) is 2. The van der Waals surface area contributed by atoms with Crippen LogP contribution in [-0.2, 0) is 0 Å². The summed E-state index contributed by atoms with van der Waals surface area (Å²) in [4.78, 5) is 0. The van der Waals surface area contributed by atoms with Crippen molar-refractivity contribution in [2.45, 2.75) is 53.5 Å². The molecule has 82 valence electrons. The molecule has 0 aromatic carbocycles. The van der Waals surface area contributed by atoms with Crippen molar-refractivity contribution in [3.63, 3.8) is 0 Å². The minimum absolute atomic E-state index is 0.192. The lowest BCUT2D eigenvalue weighted by atomic mass is 9.91. The Morgan fingerprint density at radius 2 is 1.93 bits per heavy atom. The topological polar surface area (TPSA) is 35.8 Å². The second-order valence-electron chi connectivity index (χ2n) is 4.87. The lowest BCUT2D eigenvalue weighted by Crippen LogP contribution is -2.34. The van der Waals surface area contributed by atoms with Crippen LogP contribution >= 0.6 is 0 Å². The van der Waals surface area contributed by atoms with Crippen LogP contribution < -0.4 is 5.32 Å². The molecule has 0 saturated heterocycles. The summed E-state index contributed by atoms with van der Waals surface area (Å²) in [6.07, 6.45) is 2.13. The number of rotatable bonds is 6. The summed E-state index contributed by atoms with van der Waals surface area (Å²) in [5.41, 5.74) is -0.192. The average molecular weight is 196 g/mol. The third-order valence-electron chi connectivity index (χ3n) is 3.02. The van der Waals surface area contributed by atoms with Crippen LogP contribution in [0.4, 0.5) is 0 Å². The van der Waals surface area contributed by atoms with Crippen molar-refractivity contribution in [3.8, 4) is 6.07 Å². The number of nitriles is 1. The first-order chi connectivity index (χ1) is 6.43. The van der Waals surface area contributed by atoms with E-state index in [9.17, 15) is 0 Å². The quantitative estimate of drug-likeness (QED) is 0.709. The normalized spacial score (nSPS) is 16.0. The minimum atomic E-state index is -0.192. The third-order valence-corrected chi connectivity index (χ3v) is 3.02.